The maximum absolute atomic E-state index is 14.5. The highest BCUT2D eigenvalue weighted by Crippen LogP contribution is 2.37. The SMILES string of the molecule is Cc1cc(F)c2c(c1)[C@@H](n1c(=O)[nH]c3cnc(-n4cnc5ccccc54)nc31)CCO2. The Hall–Kier alpha value is -4.01. The number of aromatic amines is 1. The van der Waals surface area contributed by atoms with E-state index >= 15 is 0 Å². The number of nitrogens with zero attached hydrogens (tertiary/aromatic N) is 5. The second-order valence-electron chi connectivity index (χ2n) is 7.63. The van der Waals surface area contributed by atoms with Crippen LogP contribution >= 0.6 is 0 Å². The highest BCUT2D eigenvalue weighted by molar-refractivity contribution is 5.77. The molecule has 31 heavy (non-hydrogen) atoms. The Morgan fingerprint density at radius 3 is 3.00 bits per heavy atom. The lowest BCUT2D eigenvalue weighted by molar-refractivity contribution is 0.244. The Morgan fingerprint density at radius 1 is 1.23 bits per heavy atom. The van der Waals surface area contributed by atoms with Crippen LogP contribution in [0.5, 0.6) is 5.75 Å². The maximum Gasteiger partial charge on any atom is 0.328 e. The maximum atomic E-state index is 14.5. The summed E-state index contributed by atoms with van der Waals surface area (Å²) < 4.78 is 23.4. The van der Waals surface area contributed by atoms with Gasteiger partial charge in [-0.2, -0.15) is 4.98 Å². The molecule has 0 bridgehead atoms. The van der Waals surface area contributed by atoms with Crippen molar-refractivity contribution in [1.82, 2.24) is 29.1 Å². The number of ether oxygens (including phenoxy) is 1. The smallest absolute Gasteiger partial charge is 0.328 e. The van der Waals surface area contributed by atoms with Crippen LogP contribution in [0.1, 0.15) is 23.6 Å². The highest BCUT2D eigenvalue weighted by Gasteiger charge is 2.29. The summed E-state index contributed by atoms with van der Waals surface area (Å²) in [5, 5.41) is 0. The molecule has 0 radical (unpaired) electrons. The van der Waals surface area contributed by atoms with Crippen molar-refractivity contribution in [3.05, 3.63) is 76.4 Å². The topological polar surface area (TPSA) is 90.6 Å². The molecule has 5 aromatic rings. The van der Waals surface area contributed by atoms with E-state index in [1.807, 2.05) is 37.3 Å². The van der Waals surface area contributed by atoms with E-state index in [4.69, 9.17) is 9.72 Å². The number of H-pyrrole nitrogens is 1. The molecule has 0 saturated carbocycles. The number of halogens is 1. The molecule has 1 aliphatic heterocycles. The fourth-order valence-corrected chi connectivity index (χ4v) is 4.28. The highest BCUT2D eigenvalue weighted by atomic mass is 19.1. The molecule has 0 amide bonds. The number of para-hydroxylation sites is 2. The van der Waals surface area contributed by atoms with E-state index in [9.17, 15) is 9.18 Å². The van der Waals surface area contributed by atoms with Gasteiger partial charge < -0.3 is 9.72 Å². The summed E-state index contributed by atoms with van der Waals surface area (Å²) in [4.78, 5) is 29.2. The van der Waals surface area contributed by atoms with Crippen LogP contribution in [-0.2, 0) is 0 Å². The fraction of sp³-hybridized carbons (Fsp3) is 0.182. The van der Waals surface area contributed by atoms with E-state index in [-0.39, 0.29) is 11.4 Å². The summed E-state index contributed by atoms with van der Waals surface area (Å²) in [6, 6.07) is 10.6. The van der Waals surface area contributed by atoms with Gasteiger partial charge in [-0.1, -0.05) is 18.2 Å². The number of aryl methyl sites for hydroxylation is 1. The molecule has 0 aliphatic carbocycles. The molecule has 0 fully saturated rings. The lowest BCUT2D eigenvalue weighted by atomic mass is 9.98. The predicted octanol–water partition coefficient (Wildman–Crippen LogP) is 3.28. The number of aromatic nitrogens is 6. The summed E-state index contributed by atoms with van der Waals surface area (Å²) in [7, 11) is 0. The summed E-state index contributed by atoms with van der Waals surface area (Å²) in [6.07, 6.45) is 3.76. The van der Waals surface area contributed by atoms with Gasteiger partial charge >= 0.3 is 5.69 Å². The Balaban J connectivity index is 1.57. The van der Waals surface area contributed by atoms with Gasteiger partial charge in [0.15, 0.2) is 17.2 Å². The molecule has 6 rings (SSSR count). The fourth-order valence-electron chi connectivity index (χ4n) is 4.28. The quantitative estimate of drug-likeness (QED) is 0.477. The second-order valence-corrected chi connectivity index (χ2v) is 7.63. The number of nitrogens with one attached hydrogen (secondary N) is 1. The minimum absolute atomic E-state index is 0.193. The van der Waals surface area contributed by atoms with Crippen molar-refractivity contribution in [2.24, 2.45) is 0 Å². The largest absolute Gasteiger partial charge is 0.490 e. The molecule has 1 atom stereocenters. The molecule has 0 spiro atoms. The summed E-state index contributed by atoms with van der Waals surface area (Å²) in [5.74, 6) is 0.169. The van der Waals surface area contributed by atoms with Gasteiger partial charge in [-0.05, 0) is 30.7 Å². The summed E-state index contributed by atoms with van der Waals surface area (Å²) in [5.41, 5.74) is 3.73. The van der Waals surface area contributed by atoms with Crippen LogP contribution in [0.25, 0.3) is 28.1 Å². The third-order valence-electron chi connectivity index (χ3n) is 5.64. The molecule has 1 N–H and O–H groups in total. The Bertz CT molecular complexity index is 1530. The zero-order valence-corrected chi connectivity index (χ0v) is 16.5. The first-order chi connectivity index (χ1) is 15.1. The monoisotopic (exact) mass is 416 g/mol. The normalized spacial score (nSPS) is 15.9. The predicted molar refractivity (Wildman–Crippen MR) is 112 cm³/mol. The van der Waals surface area contributed by atoms with Gasteiger partial charge in [0.25, 0.3) is 0 Å². The number of fused-ring (bicyclic) bond motifs is 3. The van der Waals surface area contributed by atoms with Crippen molar-refractivity contribution >= 4 is 22.2 Å². The zero-order valence-electron chi connectivity index (χ0n) is 16.5. The molecule has 4 heterocycles. The van der Waals surface area contributed by atoms with Gasteiger partial charge in [0.05, 0.1) is 29.9 Å². The number of rotatable bonds is 2. The lowest BCUT2D eigenvalue weighted by Crippen LogP contribution is -2.28. The van der Waals surface area contributed by atoms with E-state index in [1.165, 1.54) is 6.07 Å². The van der Waals surface area contributed by atoms with E-state index < -0.39 is 11.9 Å². The second kappa shape index (κ2) is 6.49. The van der Waals surface area contributed by atoms with E-state index in [1.54, 1.807) is 21.7 Å². The summed E-state index contributed by atoms with van der Waals surface area (Å²) >= 11 is 0. The van der Waals surface area contributed by atoms with Crippen LogP contribution in [0.3, 0.4) is 0 Å². The van der Waals surface area contributed by atoms with E-state index in [0.717, 1.165) is 16.6 Å². The number of hydrogen-bond donors (Lipinski definition) is 1. The van der Waals surface area contributed by atoms with Crippen molar-refractivity contribution < 1.29 is 9.13 Å². The minimum atomic E-state index is -0.423. The van der Waals surface area contributed by atoms with Crippen LogP contribution in [0.2, 0.25) is 0 Å². The molecule has 9 heteroatoms. The first-order valence-electron chi connectivity index (χ1n) is 9.93. The molecule has 0 saturated heterocycles. The molecule has 8 nitrogen and oxygen atoms in total. The number of benzene rings is 2. The number of imidazole rings is 2. The van der Waals surface area contributed by atoms with Crippen LogP contribution in [0.4, 0.5) is 4.39 Å². The van der Waals surface area contributed by atoms with Crippen LogP contribution in [0.15, 0.2) is 53.7 Å². The van der Waals surface area contributed by atoms with Gasteiger partial charge in [0, 0.05) is 12.0 Å². The molecule has 2 aromatic carbocycles. The first-order valence-corrected chi connectivity index (χ1v) is 9.93. The van der Waals surface area contributed by atoms with Crippen molar-refractivity contribution in [1.29, 1.82) is 0 Å². The number of hydrogen-bond acceptors (Lipinski definition) is 5. The summed E-state index contributed by atoms with van der Waals surface area (Å²) in [6.45, 7) is 2.12. The Morgan fingerprint density at radius 2 is 2.10 bits per heavy atom. The van der Waals surface area contributed by atoms with Crippen molar-refractivity contribution in [3.8, 4) is 11.7 Å². The third kappa shape index (κ3) is 2.66. The van der Waals surface area contributed by atoms with Gasteiger partial charge in [-0.15, -0.1) is 0 Å². The average Bonchev–Trinajstić information content (AvgIpc) is 3.33. The Kier molecular flexibility index (Phi) is 3.73. The minimum Gasteiger partial charge on any atom is -0.490 e. The molecular weight excluding hydrogens is 399 g/mol. The molecule has 3 aromatic heterocycles. The van der Waals surface area contributed by atoms with Gasteiger partial charge in [-0.3, -0.25) is 9.13 Å². The van der Waals surface area contributed by atoms with Crippen LogP contribution in [-0.4, -0.2) is 35.7 Å². The van der Waals surface area contributed by atoms with E-state index in [0.29, 0.717) is 35.7 Å². The lowest BCUT2D eigenvalue weighted by Gasteiger charge is -2.27. The van der Waals surface area contributed by atoms with E-state index in [2.05, 4.69) is 15.0 Å². The molecular formula is C22H17FN6O2. The molecule has 0 unspecified atom stereocenters. The van der Waals surface area contributed by atoms with Gasteiger partial charge in [-0.25, -0.2) is 19.2 Å². The Labute approximate surface area is 175 Å². The zero-order chi connectivity index (χ0) is 21.1. The van der Waals surface area contributed by atoms with Crippen molar-refractivity contribution in [2.75, 3.05) is 6.61 Å². The van der Waals surface area contributed by atoms with Crippen molar-refractivity contribution in [2.45, 2.75) is 19.4 Å². The first kappa shape index (κ1) is 17.8. The standard InChI is InChI=1S/C22H17FN6O2/c1-12-8-13-17(6-7-31-19(13)14(23)9-12)29-20-16(26-22(29)30)10-24-21(27-20)28-11-25-15-4-2-3-5-18(15)28/h2-5,8-11,17H,6-7H2,1H3,(H,26,30)/t17-/m0/s1. The average molecular weight is 416 g/mol. The van der Waals surface area contributed by atoms with Crippen LogP contribution < -0.4 is 10.4 Å². The van der Waals surface area contributed by atoms with Crippen LogP contribution in [0, 0.1) is 12.7 Å². The molecule has 1 aliphatic rings. The molecule has 154 valence electrons. The van der Waals surface area contributed by atoms with Crippen molar-refractivity contribution in [3.63, 3.8) is 0 Å². The third-order valence-corrected chi connectivity index (χ3v) is 5.64. The van der Waals surface area contributed by atoms with Gasteiger partial charge in [0.1, 0.15) is 11.8 Å². The van der Waals surface area contributed by atoms with Gasteiger partial charge in [0.2, 0.25) is 5.95 Å².